The van der Waals surface area contributed by atoms with E-state index in [0.717, 1.165) is 31.6 Å². The second-order valence-electron chi connectivity index (χ2n) is 3.80. The van der Waals surface area contributed by atoms with E-state index in [9.17, 15) is 4.79 Å². The van der Waals surface area contributed by atoms with E-state index < -0.39 is 5.97 Å². The molecular weight excluding hydrogens is 192 g/mol. The molecule has 0 aromatic carbocycles. The number of carboxylic acids is 1. The molecule has 1 aromatic rings. The molecule has 0 saturated carbocycles. The van der Waals surface area contributed by atoms with E-state index in [1.165, 1.54) is 6.20 Å². The number of aromatic carboxylic acids is 1. The van der Waals surface area contributed by atoms with Crippen molar-refractivity contribution < 1.29 is 9.90 Å². The Labute approximate surface area is 88.3 Å². The fraction of sp³-hybridized carbons (Fsp3) is 0.455. The van der Waals surface area contributed by atoms with Gasteiger partial charge in [0.05, 0.1) is 5.56 Å². The summed E-state index contributed by atoms with van der Waals surface area (Å²) in [6.45, 7) is 2.04. The van der Waals surface area contributed by atoms with Gasteiger partial charge in [0.15, 0.2) is 0 Å². The zero-order valence-electron chi connectivity index (χ0n) is 8.44. The maximum atomic E-state index is 10.6. The summed E-state index contributed by atoms with van der Waals surface area (Å²) in [5, 5.41) is 12.0. The van der Waals surface area contributed by atoms with Crippen molar-refractivity contribution in [3.63, 3.8) is 0 Å². The Bertz CT molecular complexity index is 342. The van der Waals surface area contributed by atoms with Crippen LogP contribution in [-0.2, 0) is 0 Å². The van der Waals surface area contributed by atoms with Crippen LogP contribution in [0.25, 0.3) is 0 Å². The molecule has 0 radical (unpaired) electrons. The average Bonchev–Trinajstić information content (AvgIpc) is 2.30. The molecule has 0 bridgehead atoms. The minimum atomic E-state index is -0.917. The van der Waals surface area contributed by atoms with Gasteiger partial charge in [-0.05, 0) is 38.1 Å². The summed E-state index contributed by atoms with van der Waals surface area (Å²) in [7, 11) is 0. The number of pyridine rings is 1. The largest absolute Gasteiger partial charge is 0.478 e. The fourth-order valence-electron chi connectivity index (χ4n) is 1.89. The van der Waals surface area contributed by atoms with E-state index in [2.05, 4.69) is 10.3 Å². The van der Waals surface area contributed by atoms with Crippen molar-refractivity contribution >= 4 is 5.97 Å². The molecule has 0 atom stereocenters. The number of hydrogen-bond donors (Lipinski definition) is 2. The zero-order valence-corrected chi connectivity index (χ0v) is 8.44. The van der Waals surface area contributed by atoms with Gasteiger partial charge in [-0.15, -0.1) is 0 Å². The molecule has 0 aliphatic carbocycles. The fourth-order valence-corrected chi connectivity index (χ4v) is 1.89. The molecule has 15 heavy (non-hydrogen) atoms. The quantitative estimate of drug-likeness (QED) is 0.764. The lowest BCUT2D eigenvalue weighted by atomic mass is 9.94. The Morgan fingerprint density at radius 3 is 2.67 bits per heavy atom. The van der Waals surface area contributed by atoms with Crippen LogP contribution in [0.5, 0.6) is 0 Å². The number of carbonyl (C=O) groups is 1. The van der Waals surface area contributed by atoms with Crippen molar-refractivity contribution in [1.82, 2.24) is 10.3 Å². The first-order valence-corrected chi connectivity index (χ1v) is 5.17. The van der Waals surface area contributed by atoms with Crippen LogP contribution in [0.15, 0.2) is 18.3 Å². The molecule has 0 unspecified atom stereocenters. The highest BCUT2D eigenvalue weighted by atomic mass is 16.4. The van der Waals surface area contributed by atoms with E-state index in [-0.39, 0.29) is 5.56 Å². The maximum absolute atomic E-state index is 10.6. The van der Waals surface area contributed by atoms with Crippen LogP contribution >= 0.6 is 0 Å². The number of nitrogens with one attached hydrogen (secondary N) is 1. The van der Waals surface area contributed by atoms with Crippen LogP contribution in [0.3, 0.4) is 0 Å². The molecule has 1 fully saturated rings. The Balaban J connectivity index is 2.11. The summed E-state index contributed by atoms with van der Waals surface area (Å²) in [6, 6.07) is 3.46. The Morgan fingerprint density at radius 1 is 1.40 bits per heavy atom. The monoisotopic (exact) mass is 206 g/mol. The Morgan fingerprint density at radius 2 is 2.13 bits per heavy atom. The molecule has 2 N–H and O–H groups in total. The summed E-state index contributed by atoms with van der Waals surface area (Å²) in [5.41, 5.74) is 1.27. The number of nitrogens with zero attached hydrogens (tertiary/aromatic N) is 1. The average molecular weight is 206 g/mol. The van der Waals surface area contributed by atoms with Gasteiger partial charge in [0.1, 0.15) is 0 Å². The van der Waals surface area contributed by atoms with Gasteiger partial charge in [0.25, 0.3) is 0 Å². The third-order valence-electron chi connectivity index (χ3n) is 2.79. The van der Waals surface area contributed by atoms with Crippen LogP contribution in [0.1, 0.15) is 34.8 Å². The van der Waals surface area contributed by atoms with Crippen LogP contribution in [0.2, 0.25) is 0 Å². The molecule has 1 saturated heterocycles. The minimum Gasteiger partial charge on any atom is -0.478 e. The second-order valence-corrected chi connectivity index (χ2v) is 3.80. The van der Waals surface area contributed by atoms with Crippen LogP contribution in [0.4, 0.5) is 0 Å². The van der Waals surface area contributed by atoms with Gasteiger partial charge in [-0.2, -0.15) is 0 Å². The van der Waals surface area contributed by atoms with Gasteiger partial charge in [-0.25, -0.2) is 4.79 Å². The highest BCUT2D eigenvalue weighted by molar-refractivity contribution is 5.87. The Hall–Kier alpha value is -1.42. The van der Waals surface area contributed by atoms with Crippen LogP contribution in [-0.4, -0.2) is 29.1 Å². The topological polar surface area (TPSA) is 62.2 Å². The van der Waals surface area contributed by atoms with E-state index in [4.69, 9.17) is 5.11 Å². The molecule has 1 aliphatic rings. The SMILES string of the molecule is O=C(O)c1ccc(C2CCNCC2)nc1. The lowest BCUT2D eigenvalue weighted by Gasteiger charge is -2.21. The molecule has 2 heterocycles. The van der Waals surface area contributed by atoms with Crippen LogP contribution < -0.4 is 5.32 Å². The van der Waals surface area contributed by atoms with E-state index in [1.54, 1.807) is 6.07 Å². The smallest absolute Gasteiger partial charge is 0.337 e. The molecule has 4 nitrogen and oxygen atoms in total. The highest BCUT2D eigenvalue weighted by Crippen LogP contribution is 2.23. The van der Waals surface area contributed by atoms with Gasteiger partial charge in [0.2, 0.25) is 0 Å². The first-order valence-electron chi connectivity index (χ1n) is 5.17. The molecule has 1 aromatic heterocycles. The molecule has 4 heteroatoms. The van der Waals surface area contributed by atoms with E-state index >= 15 is 0 Å². The first-order chi connectivity index (χ1) is 7.27. The third kappa shape index (κ3) is 2.33. The van der Waals surface area contributed by atoms with Crippen molar-refractivity contribution in [3.05, 3.63) is 29.6 Å². The summed E-state index contributed by atoms with van der Waals surface area (Å²) in [5.74, 6) is -0.437. The zero-order chi connectivity index (χ0) is 10.7. The second kappa shape index (κ2) is 4.40. The maximum Gasteiger partial charge on any atom is 0.337 e. The molecule has 80 valence electrons. The summed E-state index contributed by atoms with van der Waals surface area (Å²) in [6.07, 6.45) is 3.61. The summed E-state index contributed by atoms with van der Waals surface area (Å²) in [4.78, 5) is 14.9. The van der Waals surface area contributed by atoms with Gasteiger partial charge in [-0.3, -0.25) is 4.98 Å². The molecule has 0 amide bonds. The number of piperidine rings is 1. The van der Waals surface area contributed by atoms with Crippen LogP contribution in [0, 0.1) is 0 Å². The van der Waals surface area contributed by atoms with Gasteiger partial charge >= 0.3 is 5.97 Å². The van der Waals surface area contributed by atoms with Gasteiger partial charge in [0, 0.05) is 17.8 Å². The highest BCUT2D eigenvalue weighted by Gasteiger charge is 2.16. The number of carboxylic acid groups (broad SMARTS) is 1. The Kier molecular flexibility index (Phi) is 2.97. The van der Waals surface area contributed by atoms with Crippen molar-refractivity contribution in [2.45, 2.75) is 18.8 Å². The van der Waals surface area contributed by atoms with Gasteiger partial charge < -0.3 is 10.4 Å². The molecule has 1 aliphatic heterocycles. The molecular formula is C11H14N2O2. The van der Waals surface area contributed by atoms with Gasteiger partial charge in [-0.1, -0.05) is 0 Å². The number of aromatic nitrogens is 1. The molecule has 0 spiro atoms. The third-order valence-corrected chi connectivity index (χ3v) is 2.79. The van der Waals surface area contributed by atoms with E-state index in [0.29, 0.717) is 5.92 Å². The van der Waals surface area contributed by atoms with Crippen molar-refractivity contribution in [1.29, 1.82) is 0 Å². The minimum absolute atomic E-state index is 0.257. The van der Waals surface area contributed by atoms with Crippen molar-refractivity contribution in [3.8, 4) is 0 Å². The normalized spacial score (nSPS) is 17.6. The van der Waals surface area contributed by atoms with E-state index in [1.807, 2.05) is 6.07 Å². The standard InChI is InChI=1S/C11H14N2O2/c14-11(15)9-1-2-10(13-7-9)8-3-5-12-6-4-8/h1-2,7-8,12H,3-6H2,(H,14,15). The van der Waals surface area contributed by atoms with Crippen molar-refractivity contribution in [2.24, 2.45) is 0 Å². The summed E-state index contributed by atoms with van der Waals surface area (Å²) >= 11 is 0. The predicted molar refractivity (Wildman–Crippen MR) is 56.0 cm³/mol. The lowest BCUT2D eigenvalue weighted by Crippen LogP contribution is -2.27. The van der Waals surface area contributed by atoms with Crippen molar-refractivity contribution in [2.75, 3.05) is 13.1 Å². The molecule has 2 rings (SSSR count). The predicted octanol–water partition coefficient (Wildman–Crippen LogP) is 1.25. The summed E-state index contributed by atoms with van der Waals surface area (Å²) < 4.78 is 0. The number of rotatable bonds is 2. The first kappa shape index (κ1) is 10.1. The number of hydrogen-bond acceptors (Lipinski definition) is 3. The lowest BCUT2D eigenvalue weighted by molar-refractivity contribution is 0.0696.